The molecule has 0 fully saturated rings. The number of nitrogens with one attached hydrogen (secondary N) is 1. The number of aryl methyl sites for hydroxylation is 2. The molecule has 1 heterocycles. The highest BCUT2D eigenvalue weighted by Gasteiger charge is 2.12. The van der Waals surface area contributed by atoms with E-state index in [9.17, 15) is 0 Å². The van der Waals surface area contributed by atoms with Crippen LogP contribution in [0.4, 0.5) is 0 Å². The second-order valence-electron chi connectivity index (χ2n) is 4.65. The van der Waals surface area contributed by atoms with Crippen LogP contribution in [0.5, 0.6) is 0 Å². The standard InChI is InChI=1S/C14H19N3O/c1-9-5-6-10(2)12(7-9)8-13-16-17-14(18-13)11(3)15-4/h5-7,11,15H,8H2,1-4H3. The van der Waals surface area contributed by atoms with E-state index in [4.69, 9.17) is 4.42 Å². The van der Waals surface area contributed by atoms with Crippen LogP contribution >= 0.6 is 0 Å². The Kier molecular flexibility index (Phi) is 3.77. The molecule has 0 aliphatic carbocycles. The van der Waals surface area contributed by atoms with Gasteiger partial charge in [0.25, 0.3) is 0 Å². The average Bonchev–Trinajstić information content (AvgIpc) is 2.81. The Morgan fingerprint density at radius 3 is 2.78 bits per heavy atom. The van der Waals surface area contributed by atoms with E-state index in [-0.39, 0.29) is 6.04 Å². The predicted molar refractivity (Wildman–Crippen MR) is 70.5 cm³/mol. The Labute approximate surface area is 107 Å². The van der Waals surface area contributed by atoms with Crippen molar-refractivity contribution in [3.63, 3.8) is 0 Å². The Balaban J connectivity index is 2.18. The van der Waals surface area contributed by atoms with Gasteiger partial charge in [-0.3, -0.25) is 0 Å². The number of nitrogens with zero attached hydrogens (tertiary/aromatic N) is 2. The van der Waals surface area contributed by atoms with Crippen molar-refractivity contribution in [3.8, 4) is 0 Å². The summed E-state index contributed by atoms with van der Waals surface area (Å²) in [5.41, 5.74) is 3.74. The Bertz CT molecular complexity index is 534. The van der Waals surface area contributed by atoms with Gasteiger partial charge in [0.2, 0.25) is 11.8 Å². The van der Waals surface area contributed by atoms with E-state index < -0.39 is 0 Å². The monoisotopic (exact) mass is 245 g/mol. The van der Waals surface area contributed by atoms with Gasteiger partial charge in [0, 0.05) is 0 Å². The van der Waals surface area contributed by atoms with E-state index in [2.05, 4.69) is 47.6 Å². The minimum absolute atomic E-state index is 0.0878. The largest absolute Gasteiger partial charge is 0.423 e. The third-order valence-electron chi connectivity index (χ3n) is 3.13. The van der Waals surface area contributed by atoms with Crippen molar-refractivity contribution in [2.45, 2.75) is 33.2 Å². The summed E-state index contributed by atoms with van der Waals surface area (Å²) >= 11 is 0. The molecule has 0 aliphatic heterocycles. The molecule has 0 saturated carbocycles. The van der Waals surface area contributed by atoms with Gasteiger partial charge in [0.15, 0.2) is 0 Å². The molecule has 0 aliphatic rings. The van der Waals surface area contributed by atoms with Gasteiger partial charge in [0.05, 0.1) is 12.5 Å². The fourth-order valence-corrected chi connectivity index (χ4v) is 1.79. The van der Waals surface area contributed by atoms with E-state index in [1.54, 1.807) is 0 Å². The number of benzene rings is 1. The van der Waals surface area contributed by atoms with Crippen molar-refractivity contribution in [1.82, 2.24) is 15.5 Å². The van der Waals surface area contributed by atoms with Crippen molar-refractivity contribution >= 4 is 0 Å². The lowest BCUT2D eigenvalue weighted by molar-refractivity contribution is 0.410. The summed E-state index contributed by atoms with van der Waals surface area (Å²) in [6.45, 7) is 6.18. The summed E-state index contributed by atoms with van der Waals surface area (Å²) < 4.78 is 5.65. The molecule has 1 unspecified atom stereocenters. The third kappa shape index (κ3) is 2.76. The quantitative estimate of drug-likeness (QED) is 0.899. The molecule has 4 heteroatoms. The highest BCUT2D eigenvalue weighted by Crippen LogP contribution is 2.17. The summed E-state index contributed by atoms with van der Waals surface area (Å²) in [5.74, 6) is 1.30. The van der Waals surface area contributed by atoms with E-state index in [1.807, 2.05) is 14.0 Å². The zero-order chi connectivity index (χ0) is 13.1. The highest BCUT2D eigenvalue weighted by molar-refractivity contribution is 5.32. The first-order valence-corrected chi connectivity index (χ1v) is 6.16. The lowest BCUT2D eigenvalue weighted by atomic mass is 10.0. The topological polar surface area (TPSA) is 51.0 Å². The lowest BCUT2D eigenvalue weighted by Gasteiger charge is -2.05. The maximum Gasteiger partial charge on any atom is 0.233 e. The van der Waals surface area contributed by atoms with Crippen molar-refractivity contribution in [1.29, 1.82) is 0 Å². The summed E-state index contributed by atoms with van der Waals surface area (Å²) in [7, 11) is 1.87. The Hall–Kier alpha value is -1.68. The van der Waals surface area contributed by atoms with Gasteiger partial charge in [-0.1, -0.05) is 23.8 Å². The van der Waals surface area contributed by atoms with Crippen LogP contribution in [0.3, 0.4) is 0 Å². The fourth-order valence-electron chi connectivity index (χ4n) is 1.79. The van der Waals surface area contributed by atoms with Crippen molar-refractivity contribution < 1.29 is 4.42 Å². The molecule has 1 aromatic carbocycles. The predicted octanol–water partition coefficient (Wildman–Crippen LogP) is 2.56. The maximum atomic E-state index is 5.65. The van der Waals surface area contributed by atoms with Crippen molar-refractivity contribution in [2.24, 2.45) is 0 Å². The van der Waals surface area contributed by atoms with Crippen molar-refractivity contribution in [2.75, 3.05) is 7.05 Å². The number of rotatable bonds is 4. The average molecular weight is 245 g/mol. The molecule has 0 saturated heterocycles. The van der Waals surface area contributed by atoms with E-state index in [1.165, 1.54) is 16.7 Å². The summed E-state index contributed by atoms with van der Waals surface area (Å²) in [5, 5.41) is 11.2. The van der Waals surface area contributed by atoms with Crippen LogP contribution in [0.1, 0.15) is 41.4 Å². The minimum Gasteiger partial charge on any atom is -0.423 e. The van der Waals surface area contributed by atoms with Gasteiger partial charge >= 0.3 is 0 Å². The normalized spacial score (nSPS) is 12.7. The molecule has 1 atom stereocenters. The Morgan fingerprint density at radius 1 is 1.28 bits per heavy atom. The first-order valence-electron chi connectivity index (χ1n) is 6.16. The SMILES string of the molecule is CNC(C)c1nnc(Cc2cc(C)ccc2C)o1. The molecule has 0 amide bonds. The number of aromatic nitrogens is 2. The fraction of sp³-hybridized carbons (Fsp3) is 0.429. The number of hydrogen-bond acceptors (Lipinski definition) is 4. The summed E-state index contributed by atoms with van der Waals surface area (Å²) in [6, 6.07) is 6.49. The third-order valence-corrected chi connectivity index (χ3v) is 3.13. The number of hydrogen-bond donors (Lipinski definition) is 1. The van der Waals surface area contributed by atoms with Gasteiger partial charge in [-0.25, -0.2) is 0 Å². The van der Waals surface area contributed by atoms with Crippen LogP contribution in [-0.4, -0.2) is 17.2 Å². The zero-order valence-electron chi connectivity index (χ0n) is 11.3. The molecule has 0 radical (unpaired) electrons. The first-order chi connectivity index (χ1) is 8.60. The Morgan fingerprint density at radius 2 is 2.06 bits per heavy atom. The zero-order valence-corrected chi connectivity index (χ0v) is 11.3. The minimum atomic E-state index is 0.0878. The van der Waals surface area contributed by atoms with Gasteiger partial charge in [0.1, 0.15) is 0 Å². The lowest BCUT2D eigenvalue weighted by Crippen LogP contribution is -2.12. The molecular formula is C14H19N3O. The molecular weight excluding hydrogens is 226 g/mol. The van der Waals surface area contributed by atoms with Gasteiger partial charge in [-0.2, -0.15) is 0 Å². The molecule has 1 aromatic heterocycles. The second-order valence-corrected chi connectivity index (χ2v) is 4.65. The van der Waals surface area contributed by atoms with Crippen LogP contribution in [0.25, 0.3) is 0 Å². The summed E-state index contributed by atoms with van der Waals surface area (Å²) in [6.07, 6.45) is 0.691. The molecule has 0 spiro atoms. The smallest absolute Gasteiger partial charge is 0.233 e. The molecule has 2 aromatic rings. The van der Waals surface area contributed by atoms with Gasteiger partial charge in [-0.15, -0.1) is 10.2 Å². The van der Waals surface area contributed by atoms with Crippen LogP contribution < -0.4 is 5.32 Å². The molecule has 0 bridgehead atoms. The van der Waals surface area contributed by atoms with Crippen LogP contribution in [0.15, 0.2) is 22.6 Å². The molecule has 2 rings (SSSR count). The molecule has 18 heavy (non-hydrogen) atoms. The van der Waals surface area contributed by atoms with Gasteiger partial charge in [-0.05, 0) is 38.9 Å². The second kappa shape index (κ2) is 5.31. The highest BCUT2D eigenvalue weighted by atomic mass is 16.4. The van der Waals surface area contributed by atoms with E-state index in [0.29, 0.717) is 18.2 Å². The van der Waals surface area contributed by atoms with Crippen LogP contribution in [-0.2, 0) is 6.42 Å². The van der Waals surface area contributed by atoms with Crippen LogP contribution in [0, 0.1) is 13.8 Å². The molecule has 4 nitrogen and oxygen atoms in total. The molecule has 1 N–H and O–H groups in total. The first kappa shape index (κ1) is 12.8. The van der Waals surface area contributed by atoms with E-state index >= 15 is 0 Å². The van der Waals surface area contributed by atoms with Crippen LogP contribution in [0.2, 0.25) is 0 Å². The van der Waals surface area contributed by atoms with E-state index in [0.717, 1.165) is 0 Å². The molecule has 96 valence electrons. The summed E-state index contributed by atoms with van der Waals surface area (Å²) in [4.78, 5) is 0. The van der Waals surface area contributed by atoms with Crippen molar-refractivity contribution in [3.05, 3.63) is 46.7 Å². The maximum absolute atomic E-state index is 5.65. The van der Waals surface area contributed by atoms with Gasteiger partial charge < -0.3 is 9.73 Å².